The quantitative estimate of drug-likeness (QED) is 0.750. The molecule has 0 spiro atoms. The van der Waals surface area contributed by atoms with Crippen LogP contribution in [0.5, 0.6) is 11.5 Å². The molecule has 1 saturated heterocycles. The molecule has 1 unspecified atom stereocenters. The van der Waals surface area contributed by atoms with Gasteiger partial charge in [-0.25, -0.2) is 8.42 Å². The molecule has 8 nitrogen and oxygen atoms in total. The highest BCUT2D eigenvalue weighted by Crippen LogP contribution is 2.31. The number of amides is 1. The summed E-state index contributed by atoms with van der Waals surface area (Å²) in [5.41, 5.74) is 0.287. The Balaban J connectivity index is 1.40. The molecule has 9 heteroatoms. The zero-order chi connectivity index (χ0) is 20.4. The Morgan fingerprint density at radius 3 is 2.48 bits per heavy atom. The van der Waals surface area contributed by atoms with Gasteiger partial charge in [0.05, 0.1) is 16.5 Å². The molecule has 150 valence electrons. The maximum Gasteiger partial charge on any atom is 0.267 e. The summed E-state index contributed by atoms with van der Waals surface area (Å²) in [6.45, 7) is 0.994. The van der Waals surface area contributed by atoms with E-state index in [2.05, 4.69) is 0 Å². The zero-order valence-corrected chi connectivity index (χ0v) is 16.3. The molecule has 0 N–H and O–H groups in total. The minimum atomic E-state index is -3.72. The molecule has 2 aromatic carbocycles. The summed E-state index contributed by atoms with van der Waals surface area (Å²) in [4.78, 5) is 14.5. The van der Waals surface area contributed by atoms with Crippen LogP contribution in [0.1, 0.15) is 5.56 Å². The van der Waals surface area contributed by atoms with Crippen molar-refractivity contribution in [2.45, 2.75) is 11.0 Å². The Morgan fingerprint density at radius 1 is 1.03 bits per heavy atom. The molecule has 2 aliphatic rings. The first-order chi connectivity index (χ1) is 14.0. The monoisotopic (exact) mass is 413 g/mol. The Labute approximate surface area is 168 Å². The second-order valence-corrected chi connectivity index (χ2v) is 8.67. The van der Waals surface area contributed by atoms with Gasteiger partial charge in [0.2, 0.25) is 16.1 Å². The molecular formula is C20H19N3O5S. The number of fused-ring (bicyclic) bond motifs is 1. The maximum atomic E-state index is 12.8. The van der Waals surface area contributed by atoms with Gasteiger partial charge in [-0.05, 0) is 30.3 Å². The van der Waals surface area contributed by atoms with Gasteiger partial charge >= 0.3 is 0 Å². The number of ether oxygens (including phenoxy) is 2. The average molecular weight is 413 g/mol. The lowest BCUT2D eigenvalue weighted by Crippen LogP contribution is -2.55. The molecule has 0 saturated carbocycles. The number of sulfonamides is 1. The highest BCUT2D eigenvalue weighted by Gasteiger charge is 2.35. The lowest BCUT2D eigenvalue weighted by atomic mass is 10.2. The van der Waals surface area contributed by atoms with Crippen molar-refractivity contribution in [2.75, 3.05) is 32.8 Å². The number of nitriles is 1. The highest BCUT2D eigenvalue weighted by molar-refractivity contribution is 7.89. The largest absolute Gasteiger partial charge is 0.485 e. The van der Waals surface area contributed by atoms with Crippen LogP contribution in [0.15, 0.2) is 53.4 Å². The number of nitrogens with zero attached hydrogens (tertiary/aromatic N) is 3. The topological polar surface area (TPSA) is 99.9 Å². The SMILES string of the molecule is N#Cc1cccc(S(=O)(=O)N2CCN(C(=O)C3COc4ccccc4O3)CC2)c1. The third kappa shape index (κ3) is 3.77. The summed E-state index contributed by atoms with van der Waals surface area (Å²) in [7, 11) is -3.72. The molecule has 1 amide bonds. The van der Waals surface area contributed by atoms with E-state index >= 15 is 0 Å². The lowest BCUT2D eigenvalue weighted by molar-refractivity contribution is -0.142. The van der Waals surface area contributed by atoms with Crippen molar-refractivity contribution in [3.8, 4) is 17.6 Å². The Morgan fingerprint density at radius 2 is 1.76 bits per heavy atom. The van der Waals surface area contributed by atoms with E-state index in [0.717, 1.165) is 0 Å². The van der Waals surface area contributed by atoms with Crippen molar-refractivity contribution in [1.82, 2.24) is 9.21 Å². The number of hydrogen-bond acceptors (Lipinski definition) is 6. The molecule has 2 aromatic rings. The highest BCUT2D eigenvalue weighted by atomic mass is 32.2. The first-order valence-electron chi connectivity index (χ1n) is 9.16. The zero-order valence-electron chi connectivity index (χ0n) is 15.5. The van der Waals surface area contributed by atoms with Gasteiger partial charge in [-0.15, -0.1) is 0 Å². The van der Waals surface area contributed by atoms with Crippen LogP contribution in [0.4, 0.5) is 0 Å². The van der Waals surface area contributed by atoms with Crippen LogP contribution < -0.4 is 9.47 Å². The second kappa shape index (κ2) is 7.73. The fourth-order valence-corrected chi connectivity index (χ4v) is 4.84. The van der Waals surface area contributed by atoms with Crippen LogP contribution in [-0.2, 0) is 14.8 Å². The van der Waals surface area contributed by atoms with Crippen molar-refractivity contribution in [3.63, 3.8) is 0 Å². The van der Waals surface area contributed by atoms with Crippen LogP contribution >= 0.6 is 0 Å². The van der Waals surface area contributed by atoms with Crippen molar-refractivity contribution in [2.24, 2.45) is 0 Å². The van der Waals surface area contributed by atoms with Crippen LogP contribution in [0.25, 0.3) is 0 Å². The fourth-order valence-electron chi connectivity index (χ4n) is 3.37. The summed E-state index contributed by atoms with van der Waals surface area (Å²) < 4.78 is 38.4. The Kier molecular flexibility index (Phi) is 5.13. The predicted molar refractivity (Wildman–Crippen MR) is 103 cm³/mol. The van der Waals surface area contributed by atoms with E-state index in [0.29, 0.717) is 11.5 Å². The van der Waals surface area contributed by atoms with Crippen LogP contribution in [0.2, 0.25) is 0 Å². The molecule has 0 aliphatic carbocycles. The molecular weight excluding hydrogens is 394 g/mol. The number of hydrogen-bond donors (Lipinski definition) is 0. The van der Waals surface area contributed by atoms with E-state index in [-0.39, 0.29) is 49.2 Å². The summed E-state index contributed by atoms with van der Waals surface area (Å²) in [6.07, 6.45) is -0.750. The van der Waals surface area contributed by atoms with E-state index in [4.69, 9.17) is 14.7 Å². The van der Waals surface area contributed by atoms with E-state index in [1.165, 1.54) is 16.4 Å². The van der Waals surface area contributed by atoms with Crippen LogP contribution in [-0.4, -0.2) is 62.4 Å². The third-order valence-electron chi connectivity index (χ3n) is 4.94. The smallest absolute Gasteiger partial charge is 0.267 e. The summed E-state index contributed by atoms with van der Waals surface area (Å²) in [5.74, 6) is 0.908. The van der Waals surface area contributed by atoms with Crippen molar-refractivity contribution in [1.29, 1.82) is 5.26 Å². The first kappa shape index (κ1) is 19.2. The molecule has 0 bridgehead atoms. The molecule has 1 fully saturated rings. The van der Waals surface area contributed by atoms with E-state index in [9.17, 15) is 13.2 Å². The van der Waals surface area contributed by atoms with Gasteiger partial charge in [0.15, 0.2) is 11.5 Å². The lowest BCUT2D eigenvalue weighted by Gasteiger charge is -2.36. The number of benzene rings is 2. The minimum absolute atomic E-state index is 0.0805. The Bertz CT molecular complexity index is 1070. The van der Waals surface area contributed by atoms with Gasteiger partial charge in [-0.2, -0.15) is 9.57 Å². The maximum absolute atomic E-state index is 12.8. The normalized spacial score (nSPS) is 19.4. The van der Waals surface area contributed by atoms with Gasteiger partial charge in [0.1, 0.15) is 6.61 Å². The summed E-state index contributed by atoms with van der Waals surface area (Å²) in [6, 6.07) is 15.0. The van der Waals surface area contributed by atoms with Gasteiger partial charge in [-0.1, -0.05) is 18.2 Å². The fraction of sp³-hybridized carbons (Fsp3) is 0.300. The van der Waals surface area contributed by atoms with Crippen LogP contribution in [0.3, 0.4) is 0 Å². The predicted octanol–water partition coefficient (Wildman–Crippen LogP) is 1.23. The van der Waals surface area contributed by atoms with Crippen molar-refractivity contribution >= 4 is 15.9 Å². The summed E-state index contributed by atoms with van der Waals surface area (Å²) >= 11 is 0. The van der Waals surface area contributed by atoms with E-state index in [1.54, 1.807) is 35.2 Å². The van der Waals surface area contributed by atoms with Crippen molar-refractivity contribution < 1.29 is 22.7 Å². The molecule has 1 atom stereocenters. The first-order valence-corrected chi connectivity index (χ1v) is 10.6. The van der Waals surface area contributed by atoms with Crippen LogP contribution in [0, 0.1) is 11.3 Å². The Hall–Kier alpha value is -3.09. The third-order valence-corrected chi connectivity index (χ3v) is 6.83. The standard InChI is InChI=1S/C20H19N3O5S/c21-13-15-4-3-5-16(12-15)29(25,26)23-10-8-22(9-11-23)20(24)19-14-27-17-6-1-2-7-18(17)28-19/h1-7,12,19H,8-11,14H2. The molecule has 29 heavy (non-hydrogen) atoms. The number of rotatable bonds is 3. The number of piperazine rings is 1. The molecule has 2 aliphatic heterocycles. The van der Waals surface area contributed by atoms with Gasteiger partial charge in [0.25, 0.3) is 5.91 Å². The van der Waals surface area contributed by atoms with Gasteiger partial charge in [-0.3, -0.25) is 4.79 Å². The number of para-hydroxylation sites is 2. The van der Waals surface area contributed by atoms with E-state index < -0.39 is 16.1 Å². The minimum Gasteiger partial charge on any atom is -0.485 e. The molecule has 0 aromatic heterocycles. The summed E-state index contributed by atoms with van der Waals surface area (Å²) in [5, 5.41) is 8.99. The molecule has 4 rings (SSSR count). The second-order valence-electron chi connectivity index (χ2n) is 6.73. The molecule has 2 heterocycles. The number of carbonyl (C=O) groups excluding carboxylic acids is 1. The average Bonchev–Trinajstić information content (AvgIpc) is 2.78. The van der Waals surface area contributed by atoms with Gasteiger partial charge < -0.3 is 14.4 Å². The van der Waals surface area contributed by atoms with E-state index in [1.807, 2.05) is 12.1 Å². The number of carbonyl (C=O) groups is 1. The molecule has 0 radical (unpaired) electrons. The van der Waals surface area contributed by atoms with Crippen molar-refractivity contribution in [3.05, 3.63) is 54.1 Å². The van der Waals surface area contributed by atoms with Gasteiger partial charge in [0, 0.05) is 26.2 Å².